The number of hydrogen-bond acceptors (Lipinski definition) is 5. The molecule has 3 aromatic rings. The average Bonchev–Trinajstić information content (AvgIpc) is 3.09. The van der Waals surface area contributed by atoms with Gasteiger partial charge in [-0.1, -0.05) is 36.6 Å². The van der Waals surface area contributed by atoms with Gasteiger partial charge in [-0.3, -0.25) is 0 Å². The van der Waals surface area contributed by atoms with Gasteiger partial charge in [0.2, 0.25) is 5.95 Å². The topological polar surface area (TPSA) is 35.5 Å². The van der Waals surface area contributed by atoms with Gasteiger partial charge in [-0.05, 0) is 49.2 Å². The second-order valence-corrected chi connectivity index (χ2v) is 8.65. The molecule has 0 saturated carbocycles. The zero-order valence-corrected chi connectivity index (χ0v) is 18.1. The molecule has 2 fully saturated rings. The van der Waals surface area contributed by atoms with Crippen LogP contribution in [0.2, 0.25) is 5.02 Å². The zero-order chi connectivity index (χ0) is 20.3. The molecule has 1 aromatic heterocycles. The smallest absolute Gasteiger partial charge is 0.228 e. The molecule has 0 radical (unpaired) electrons. The van der Waals surface area contributed by atoms with Crippen LogP contribution in [-0.4, -0.2) is 49.2 Å². The third kappa shape index (κ3) is 4.04. The molecule has 0 N–H and O–H groups in total. The predicted octanol–water partition coefficient (Wildman–Crippen LogP) is 4.99. The van der Waals surface area contributed by atoms with Crippen molar-refractivity contribution in [3.8, 4) is 0 Å². The van der Waals surface area contributed by atoms with Crippen molar-refractivity contribution in [3.05, 3.63) is 53.6 Å². The van der Waals surface area contributed by atoms with Crippen LogP contribution in [0.15, 0.2) is 48.5 Å². The van der Waals surface area contributed by atoms with Gasteiger partial charge < -0.3 is 14.7 Å². The Morgan fingerprint density at radius 3 is 2.03 bits per heavy atom. The summed E-state index contributed by atoms with van der Waals surface area (Å²) in [7, 11) is 0. The molecule has 0 aliphatic carbocycles. The van der Waals surface area contributed by atoms with Crippen molar-refractivity contribution >= 4 is 40.0 Å². The Balaban J connectivity index is 1.40. The van der Waals surface area contributed by atoms with Crippen molar-refractivity contribution in [2.45, 2.75) is 25.7 Å². The molecule has 2 aliphatic rings. The van der Waals surface area contributed by atoms with E-state index in [1.165, 1.54) is 36.8 Å². The molecule has 3 heterocycles. The molecule has 0 bridgehead atoms. The van der Waals surface area contributed by atoms with Crippen LogP contribution in [0.25, 0.3) is 10.9 Å². The van der Waals surface area contributed by atoms with Crippen LogP contribution in [0.3, 0.4) is 0 Å². The van der Waals surface area contributed by atoms with Gasteiger partial charge in [-0.25, -0.2) is 4.98 Å². The Morgan fingerprint density at radius 2 is 1.30 bits per heavy atom. The fourth-order valence-corrected chi connectivity index (χ4v) is 4.66. The minimum atomic E-state index is 0.781. The van der Waals surface area contributed by atoms with Crippen LogP contribution in [0.4, 0.5) is 17.5 Å². The lowest BCUT2D eigenvalue weighted by Gasteiger charge is -2.36. The van der Waals surface area contributed by atoms with Gasteiger partial charge in [-0.2, -0.15) is 4.98 Å². The Kier molecular flexibility index (Phi) is 5.63. The molecule has 5 rings (SSSR count). The average molecular weight is 422 g/mol. The number of fused-ring (bicyclic) bond motifs is 1. The SMILES string of the molecule is Clc1ccc(N2CCN(c3nc(N4CCCCCC4)c4ccccc4n3)CC2)cc1. The first-order chi connectivity index (χ1) is 14.8. The van der Waals surface area contributed by atoms with E-state index in [0.717, 1.165) is 61.6 Å². The van der Waals surface area contributed by atoms with Gasteiger partial charge in [0.05, 0.1) is 5.52 Å². The number of aromatic nitrogens is 2. The van der Waals surface area contributed by atoms with Crippen LogP contribution in [0.1, 0.15) is 25.7 Å². The summed E-state index contributed by atoms with van der Waals surface area (Å²) in [5.41, 5.74) is 2.27. The largest absolute Gasteiger partial charge is 0.368 e. The molecular weight excluding hydrogens is 394 g/mol. The van der Waals surface area contributed by atoms with Crippen LogP contribution in [0, 0.1) is 0 Å². The summed E-state index contributed by atoms with van der Waals surface area (Å²) in [6.45, 7) is 5.92. The summed E-state index contributed by atoms with van der Waals surface area (Å²) in [4.78, 5) is 17.3. The van der Waals surface area contributed by atoms with E-state index in [2.05, 4.69) is 51.1 Å². The molecule has 30 heavy (non-hydrogen) atoms. The lowest BCUT2D eigenvalue weighted by molar-refractivity contribution is 0.640. The highest BCUT2D eigenvalue weighted by Crippen LogP contribution is 2.29. The quantitative estimate of drug-likeness (QED) is 0.595. The summed E-state index contributed by atoms with van der Waals surface area (Å²) in [5.74, 6) is 1.97. The lowest BCUT2D eigenvalue weighted by atomic mass is 10.2. The highest BCUT2D eigenvalue weighted by Gasteiger charge is 2.22. The summed E-state index contributed by atoms with van der Waals surface area (Å²) in [6, 6.07) is 16.6. The number of hydrogen-bond donors (Lipinski definition) is 0. The monoisotopic (exact) mass is 421 g/mol. The van der Waals surface area contributed by atoms with Crippen molar-refractivity contribution in [1.29, 1.82) is 0 Å². The Morgan fingerprint density at radius 1 is 0.633 bits per heavy atom. The normalized spacial score (nSPS) is 18.0. The first-order valence-corrected chi connectivity index (χ1v) is 11.4. The van der Waals surface area contributed by atoms with Crippen molar-refractivity contribution < 1.29 is 0 Å². The minimum Gasteiger partial charge on any atom is -0.368 e. The van der Waals surface area contributed by atoms with E-state index in [1.54, 1.807) is 0 Å². The Hall–Kier alpha value is -2.53. The Bertz CT molecular complexity index is 990. The van der Waals surface area contributed by atoms with E-state index < -0.39 is 0 Å². The minimum absolute atomic E-state index is 0.781. The lowest BCUT2D eigenvalue weighted by Crippen LogP contribution is -2.47. The van der Waals surface area contributed by atoms with Gasteiger partial charge in [0.15, 0.2) is 0 Å². The van der Waals surface area contributed by atoms with Crippen LogP contribution >= 0.6 is 11.6 Å². The number of rotatable bonds is 3. The van der Waals surface area contributed by atoms with Gasteiger partial charge in [0.1, 0.15) is 5.82 Å². The maximum atomic E-state index is 6.04. The second kappa shape index (κ2) is 8.68. The first-order valence-electron chi connectivity index (χ1n) is 11.1. The molecule has 0 unspecified atom stereocenters. The molecule has 2 saturated heterocycles. The molecule has 2 aromatic carbocycles. The maximum Gasteiger partial charge on any atom is 0.228 e. The number of piperazine rings is 1. The standard InChI is InChI=1S/C24H28ClN5/c25-19-9-11-20(12-10-19)28-15-17-30(18-16-28)24-26-22-8-4-3-7-21(22)23(27-24)29-13-5-1-2-6-14-29/h3-4,7-12H,1-2,5-6,13-18H2. The van der Waals surface area contributed by atoms with Crippen molar-refractivity contribution in [1.82, 2.24) is 9.97 Å². The van der Waals surface area contributed by atoms with E-state index in [0.29, 0.717) is 0 Å². The third-order valence-electron chi connectivity index (χ3n) is 6.23. The van der Waals surface area contributed by atoms with Crippen molar-refractivity contribution in [2.75, 3.05) is 54.0 Å². The van der Waals surface area contributed by atoms with Gasteiger partial charge >= 0.3 is 0 Å². The molecule has 6 heteroatoms. The summed E-state index contributed by atoms with van der Waals surface area (Å²) < 4.78 is 0. The molecule has 0 spiro atoms. The van der Waals surface area contributed by atoms with Crippen molar-refractivity contribution in [3.63, 3.8) is 0 Å². The highest BCUT2D eigenvalue weighted by atomic mass is 35.5. The fraction of sp³-hybridized carbons (Fsp3) is 0.417. The van der Waals surface area contributed by atoms with Crippen LogP contribution in [0.5, 0.6) is 0 Å². The number of benzene rings is 2. The van der Waals surface area contributed by atoms with Crippen molar-refractivity contribution in [2.24, 2.45) is 0 Å². The number of halogens is 1. The molecule has 2 aliphatic heterocycles. The van der Waals surface area contributed by atoms with Crippen LogP contribution in [-0.2, 0) is 0 Å². The molecule has 0 atom stereocenters. The first kappa shape index (κ1) is 19.4. The zero-order valence-electron chi connectivity index (χ0n) is 17.3. The molecular formula is C24H28ClN5. The fourth-order valence-electron chi connectivity index (χ4n) is 4.53. The van der Waals surface area contributed by atoms with Gasteiger partial charge in [0, 0.05) is 55.4 Å². The number of nitrogens with zero attached hydrogens (tertiary/aromatic N) is 5. The second-order valence-electron chi connectivity index (χ2n) is 8.22. The predicted molar refractivity (Wildman–Crippen MR) is 126 cm³/mol. The van der Waals surface area contributed by atoms with Gasteiger partial charge in [0.25, 0.3) is 0 Å². The highest BCUT2D eigenvalue weighted by molar-refractivity contribution is 6.30. The van der Waals surface area contributed by atoms with E-state index in [9.17, 15) is 0 Å². The van der Waals surface area contributed by atoms with Crippen LogP contribution < -0.4 is 14.7 Å². The van der Waals surface area contributed by atoms with E-state index in [1.807, 2.05) is 12.1 Å². The third-order valence-corrected chi connectivity index (χ3v) is 6.48. The van der Waals surface area contributed by atoms with E-state index in [-0.39, 0.29) is 0 Å². The maximum absolute atomic E-state index is 6.04. The number of anilines is 3. The Labute approximate surface area is 183 Å². The van der Waals surface area contributed by atoms with E-state index >= 15 is 0 Å². The number of para-hydroxylation sites is 1. The summed E-state index contributed by atoms with van der Waals surface area (Å²) in [5, 5.41) is 1.95. The molecule has 5 nitrogen and oxygen atoms in total. The summed E-state index contributed by atoms with van der Waals surface area (Å²) >= 11 is 6.04. The summed E-state index contributed by atoms with van der Waals surface area (Å²) in [6.07, 6.45) is 5.12. The van der Waals surface area contributed by atoms with E-state index in [4.69, 9.17) is 21.6 Å². The molecule has 156 valence electrons. The van der Waals surface area contributed by atoms with Gasteiger partial charge in [-0.15, -0.1) is 0 Å². The molecule has 0 amide bonds.